The normalized spacial score (nSPS) is 11.8. The van der Waals surface area contributed by atoms with Gasteiger partial charge in [0.25, 0.3) is 0 Å². The zero-order valence-corrected chi connectivity index (χ0v) is 14.4. The first-order valence-electron chi connectivity index (χ1n) is 8.14. The van der Waals surface area contributed by atoms with Crippen LogP contribution in [0.5, 0.6) is 0 Å². The smallest absolute Gasteiger partial charge is 0.191 e. The van der Waals surface area contributed by atoms with Crippen LogP contribution in [0.25, 0.3) is 0 Å². The van der Waals surface area contributed by atoms with E-state index in [4.69, 9.17) is 4.74 Å². The number of ether oxygens (including phenoxy) is 1. The Hall–Kier alpha value is -1.62. The van der Waals surface area contributed by atoms with Gasteiger partial charge in [0, 0.05) is 32.5 Å². The number of aliphatic imine (C=N–C) groups is 1. The minimum Gasteiger partial charge on any atom is -0.381 e. The molecule has 0 unspecified atom stereocenters. The maximum atomic E-state index is 5.57. The van der Waals surface area contributed by atoms with Crippen molar-refractivity contribution in [3.63, 3.8) is 0 Å². The molecule has 0 saturated carbocycles. The first-order chi connectivity index (χ1) is 10.6. The molecule has 0 radical (unpaired) electrons. The summed E-state index contributed by atoms with van der Waals surface area (Å²) in [5.74, 6) is 1.42. The second-order valence-electron chi connectivity index (χ2n) is 5.71. The summed E-state index contributed by atoms with van der Waals surface area (Å²) in [4.78, 5) is 8.95. The lowest BCUT2D eigenvalue weighted by Crippen LogP contribution is -2.38. The predicted molar refractivity (Wildman–Crippen MR) is 92.1 cm³/mol. The predicted octanol–water partition coefficient (Wildman–Crippen LogP) is 2.51. The van der Waals surface area contributed by atoms with E-state index < -0.39 is 0 Å². The molecule has 1 rings (SSSR count). The van der Waals surface area contributed by atoms with Gasteiger partial charge in [0.15, 0.2) is 5.96 Å². The molecule has 124 valence electrons. The molecule has 22 heavy (non-hydrogen) atoms. The topological polar surface area (TPSA) is 58.5 Å². The lowest BCUT2D eigenvalue weighted by Gasteiger charge is -2.12. The Kier molecular flexibility index (Phi) is 9.23. The molecule has 0 bridgehead atoms. The van der Waals surface area contributed by atoms with E-state index in [9.17, 15) is 0 Å². The van der Waals surface area contributed by atoms with Gasteiger partial charge in [-0.1, -0.05) is 19.9 Å². The molecule has 0 aliphatic heterocycles. The molecule has 0 spiro atoms. The highest BCUT2D eigenvalue weighted by Crippen LogP contribution is 2.04. The van der Waals surface area contributed by atoms with Gasteiger partial charge in [0.1, 0.15) is 0 Å². The second kappa shape index (κ2) is 11.0. The van der Waals surface area contributed by atoms with E-state index in [-0.39, 0.29) is 0 Å². The molecule has 0 aromatic carbocycles. The monoisotopic (exact) mass is 306 g/mol. The highest BCUT2D eigenvalue weighted by molar-refractivity contribution is 5.79. The summed E-state index contributed by atoms with van der Waals surface area (Å²) in [6.45, 7) is 12.3. The van der Waals surface area contributed by atoms with Crippen LogP contribution in [-0.2, 0) is 11.3 Å². The van der Waals surface area contributed by atoms with E-state index in [0.29, 0.717) is 12.5 Å². The Labute approximate surface area is 134 Å². The van der Waals surface area contributed by atoms with Crippen LogP contribution < -0.4 is 10.6 Å². The molecule has 0 aliphatic rings. The summed E-state index contributed by atoms with van der Waals surface area (Å²) in [5, 5.41) is 6.58. The number of hydrogen-bond donors (Lipinski definition) is 2. The summed E-state index contributed by atoms with van der Waals surface area (Å²) in [6.07, 6.45) is 2.78. The van der Waals surface area contributed by atoms with Crippen LogP contribution in [-0.4, -0.2) is 37.2 Å². The molecule has 2 N–H and O–H groups in total. The molecule has 1 aromatic rings. The van der Waals surface area contributed by atoms with Gasteiger partial charge in [-0.15, -0.1) is 0 Å². The van der Waals surface area contributed by atoms with Crippen LogP contribution in [0.3, 0.4) is 0 Å². The molecule has 0 saturated heterocycles. The van der Waals surface area contributed by atoms with Crippen LogP contribution in [0.2, 0.25) is 0 Å². The summed E-state index contributed by atoms with van der Waals surface area (Å²) in [5.41, 5.74) is 2.18. The third-order valence-corrected chi connectivity index (χ3v) is 3.06. The molecular formula is C17H30N4O. The van der Waals surface area contributed by atoms with Crippen LogP contribution in [0, 0.1) is 12.8 Å². The fourth-order valence-electron chi connectivity index (χ4n) is 1.88. The number of aryl methyl sites for hydroxylation is 1. The van der Waals surface area contributed by atoms with E-state index in [0.717, 1.165) is 44.4 Å². The van der Waals surface area contributed by atoms with Crippen LogP contribution >= 0.6 is 0 Å². The van der Waals surface area contributed by atoms with Crippen molar-refractivity contribution >= 4 is 5.96 Å². The third-order valence-electron chi connectivity index (χ3n) is 3.06. The van der Waals surface area contributed by atoms with Gasteiger partial charge < -0.3 is 15.4 Å². The number of nitrogens with one attached hydrogen (secondary N) is 2. The van der Waals surface area contributed by atoms with E-state index >= 15 is 0 Å². The minimum absolute atomic E-state index is 0.589. The van der Waals surface area contributed by atoms with Crippen molar-refractivity contribution in [1.29, 1.82) is 0 Å². The maximum Gasteiger partial charge on any atom is 0.191 e. The lowest BCUT2D eigenvalue weighted by molar-refractivity contribution is 0.108. The van der Waals surface area contributed by atoms with E-state index in [2.05, 4.69) is 54.4 Å². The number of guanidine groups is 1. The van der Waals surface area contributed by atoms with Crippen molar-refractivity contribution in [2.45, 2.75) is 40.7 Å². The Balaban J connectivity index is 2.35. The number of aromatic nitrogens is 1. The van der Waals surface area contributed by atoms with Crippen molar-refractivity contribution in [3.8, 4) is 0 Å². The molecule has 5 nitrogen and oxygen atoms in total. The zero-order chi connectivity index (χ0) is 16.2. The van der Waals surface area contributed by atoms with Crippen molar-refractivity contribution in [2.24, 2.45) is 10.9 Å². The van der Waals surface area contributed by atoms with Crippen LogP contribution in [0.1, 0.15) is 38.4 Å². The molecule has 0 atom stereocenters. The van der Waals surface area contributed by atoms with Crippen LogP contribution in [0.15, 0.2) is 23.3 Å². The van der Waals surface area contributed by atoms with Crippen molar-refractivity contribution < 1.29 is 4.74 Å². The first-order valence-corrected chi connectivity index (χ1v) is 8.14. The third kappa shape index (κ3) is 7.98. The lowest BCUT2D eigenvalue weighted by atomic mass is 10.2. The van der Waals surface area contributed by atoms with Gasteiger partial charge >= 0.3 is 0 Å². The van der Waals surface area contributed by atoms with Gasteiger partial charge in [-0.05, 0) is 37.8 Å². The summed E-state index contributed by atoms with van der Waals surface area (Å²) in [7, 11) is 0. The average Bonchev–Trinajstić information content (AvgIpc) is 2.49. The number of rotatable bonds is 9. The zero-order valence-electron chi connectivity index (χ0n) is 14.4. The summed E-state index contributed by atoms with van der Waals surface area (Å²) < 4.78 is 5.57. The first kappa shape index (κ1) is 18.4. The van der Waals surface area contributed by atoms with Gasteiger partial charge in [-0.3, -0.25) is 4.98 Å². The fourth-order valence-corrected chi connectivity index (χ4v) is 1.88. The SMILES string of the molecule is CCNC(=NCc1ncccc1C)NCCCOCC(C)C. The number of hydrogen-bond acceptors (Lipinski definition) is 3. The highest BCUT2D eigenvalue weighted by atomic mass is 16.5. The van der Waals surface area contributed by atoms with Gasteiger partial charge in [0.2, 0.25) is 0 Å². The standard InChI is InChI=1S/C17H30N4O/c1-5-18-17(20-10-7-11-22-13-14(2)3)21-12-16-15(4)8-6-9-19-16/h6,8-9,14H,5,7,10-13H2,1-4H3,(H2,18,20,21). The second-order valence-corrected chi connectivity index (χ2v) is 5.71. The Bertz CT molecular complexity index is 446. The van der Waals surface area contributed by atoms with E-state index in [1.807, 2.05) is 12.3 Å². The van der Waals surface area contributed by atoms with Crippen LogP contribution in [0.4, 0.5) is 0 Å². The van der Waals surface area contributed by atoms with E-state index in [1.54, 1.807) is 0 Å². The minimum atomic E-state index is 0.589. The molecule has 0 fully saturated rings. The summed E-state index contributed by atoms with van der Waals surface area (Å²) >= 11 is 0. The summed E-state index contributed by atoms with van der Waals surface area (Å²) in [6, 6.07) is 4.01. The Morgan fingerprint density at radius 3 is 2.86 bits per heavy atom. The van der Waals surface area contributed by atoms with Gasteiger partial charge in [-0.2, -0.15) is 0 Å². The molecule has 1 heterocycles. The largest absolute Gasteiger partial charge is 0.381 e. The molecular weight excluding hydrogens is 276 g/mol. The van der Waals surface area contributed by atoms with Crippen molar-refractivity contribution in [1.82, 2.24) is 15.6 Å². The number of nitrogens with zero attached hydrogens (tertiary/aromatic N) is 2. The van der Waals surface area contributed by atoms with Gasteiger partial charge in [-0.25, -0.2) is 4.99 Å². The Morgan fingerprint density at radius 1 is 1.36 bits per heavy atom. The fraction of sp³-hybridized carbons (Fsp3) is 0.647. The Morgan fingerprint density at radius 2 is 2.18 bits per heavy atom. The number of pyridine rings is 1. The maximum absolute atomic E-state index is 5.57. The highest BCUT2D eigenvalue weighted by Gasteiger charge is 2.00. The molecule has 0 aliphatic carbocycles. The quantitative estimate of drug-likeness (QED) is 0.418. The van der Waals surface area contributed by atoms with Gasteiger partial charge in [0.05, 0.1) is 12.2 Å². The average molecular weight is 306 g/mol. The van der Waals surface area contributed by atoms with Crippen molar-refractivity contribution in [2.75, 3.05) is 26.3 Å². The molecule has 0 amide bonds. The van der Waals surface area contributed by atoms with E-state index in [1.165, 1.54) is 5.56 Å². The van der Waals surface area contributed by atoms with Crippen molar-refractivity contribution in [3.05, 3.63) is 29.6 Å². The molecule has 5 heteroatoms. The molecule has 1 aromatic heterocycles.